The van der Waals surface area contributed by atoms with Gasteiger partial charge in [0.05, 0.1) is 22.4 Å². The first-order chi connectivity index (χ1) is 15.0. The van der Waals surface area contributed by atoms with Crippen LogP contribution in [0.15, 0.2) is 72.8 Å². The number of fused-ring (bicyclic) bond motifs is 1. The number of carbonyl (C=O) groups excluding carboxylic acids is 2. The van der Waals surface area contributed by atoms with Crippen molar-refractivity contribution >= 4 is 34.8 Å². The van der Waals surface area contributed by atoms with E-state index in [4.69, 9.17) is 16.4 Å². The number of aryl methyl sites for hydroxylation is 1. The highest BCUT2D eigenvalue weighted by Crippen LogP contribution is 2.47. The normalized spacial score (nSPS) is 22.9. The number of nitrogens with zero attached hydrogens (tertiary/aromatic N) is 2. The number of hydrogen-bond acceptors (Lipinski definition) is 4. The molecule has 3 aromatic rings. The molecule has 5 rings (SSSR count). The number of carbonyl (C=O) groups is 2. The molecule has 0 radical (unpaired) electrons. The van der Waals surface area contributed by atoms with E-state index in [1.807, 2.05) is 61.5 Å². The molecule has 2 amide bonds. The molecule has 0 saturated carbocycles. The second kappa shape index (κ2) is 7.48. The fraction of sp³-hybridized carbons (Fsp3) is 0.167. The number of imide groups is 1. The minimum atomic E-state index is -1.00. The van der Waals surface area contributed by atoms with Crippen LogP contribution in [0, 0.1) is 18.7 Å². The summed E-state index contributed by atoms with van der Waals surface area (Å²) >= 11 is 5.76. The van der Waals surface area contributed by atoms with Gasteiger partial charge >= 0.3 is 0 Å². The van der Waals surface area contributed by atoms with Gasteiger partial charge in [-0.25, -0.2) is 14.4 Å². The lowest BCUT2D eigenvalue weighted by Gasteiger charge is -2.28. The molecule has 0 aromatic heterocycles. The van der Waals surface area contributed by atoms with Gasteiger partial charge in [0.25, 0.3) is 5.91 Å². The number of benzene rings is 3. The number of hydrogen-bond donors (Lipinski definition) is 0. The molecule has 3 aromatic carbocycles. The van der Waals surface area contributed by atoms with E-state index in [9.17, 15) is 14.0 Å². The molecule has 2 aliphatic heterocycles. The third kappa shape index (κ3) is 3.19. The third-order valence-electron chi connectivity index (χ3n) is 5.71. The molecule has 0 unspecified atom stereocenters. The number of amides is 2. The largest absolute Gasteiger partial charge is 0.273 e. The molecule has 2 fully saturated rings. The highest BCUT2D eigenvalue weighted by molar-refractivity contribution is 6.31. The second-order valence-corrected chi connectivity index (χ2v) is 8.09. The fourth-order valence-corrected chi connectivity index (χ4v) is 4.31. The Morgan fingerprint density at radius 3 is 2.29 bits per heavy atom. The Labute approximate surface area is 183 Å². The van der Waals surface area contributed by atoms with Crippen molar-refractivity contribution in [2.75, 3.05) is 9.96 Å². The van der Waals surface area contributed by atoms with E-state index in [1.54, 1.807) is 5.06 Å². The van der Waals surface area contributed by atoms with Crippen molar-refractivity contribution in [3.8, 4) is 0 Å². The Bertz CT molecular complexity index is 1170. The molecule has 2 aliphatic rings. The van der Waals surface area contributed by atoms with Gasteiger partial charge in [0.1, 0.15) is 11.7 Å². The summed E-state index contributed by atoms with van der Waals surface area (Å²) in [6.45, 7) is 1.98. The molecule has 0 bridgehead atoms. The van der Waals surface area contributed by atoms with Gasteiger partial charge in [-0.05, 0) is 42.8 Å². The van der Waals surface area contributed by atoms with Gasteiger partial charge < -0.3 is 0 Å². The van der Waals surface area contributed by atoms with Crippen molar-refractivity contribution in [2.24, 2.45) is 5.92 Å². The van der Waals surface area contributed by atoms with Crippen LogP contribution in [-0.2, 0) is 14.4 Å². The summed E-state index contributed by atoms with van der Waals surface area (Å²) < 4.78 is 14.0. The van der Waals surface area contributed by atoms with Gasteiger partial charge in [0.15, 0.2) is 6.10 Å². The Balaban J connectivity index is 1.58. The third-order valence-corrected chi connectivity index (χ3v) is 6.01. The van der Waals surface area contributed by atoms with Crippen molar-refractivity contribution in [3.63, 3.8) is 0 Å². The minimum Gasteiger partial charge on any atom is -0.273 e. The van der Waals surface area contributed by atoms with Gasteiger partial charge in [0.2, 0.25) is 5.91 Å². The SMILES string of the molecule is Cc1ccc([C@H]2[C@H]3C(=O)N(c4ccc(Cl)c(F)c4)C(=O)[C@@H]3ON2c2ccccc2)cc1. The Kier molecular flexibility index (Phi) is 4.76. The highest BCUT2D eigenvalue weighted by Gasteiger charge is 2.60. The van der Waals surface area contributed by atoms with Crippen LogP contribution in [0.5, 0.6) is 0 Å². The smallest absolute Gasteiger partial charge is 0.266 e. The Hall–Kier alpha value is -3.22. The lowest BCUT2D eigenvalue weighted by atomic mass is 9.90. The van der Waals surface area contributed by atoms with Crippen LogP contribution in [0.2, 0.25) is 5.02 Å². The topological polar surface area (TPSA) is 49.9 Å². The molecule has 0 N–H and O–H groups in total. The van der Waals surface area contributed by atoms with Crippen LogP contribution >= 0.6 is 11.6 Å². The quantitative estimate of drug-likeness (QED) is 0.551. The number of halogens is 2. The summed E-state index contributed by atoms with van der Waals surface area (Å²) in [5, 5.41) is 1.56. The number of hydroxylamine groups is 1. The van der Waals surface area contributed by atoms with E-state index in [1.165, 1.54) is 12.1 Å². The summed E-state index contributed by atoms with van der Waals surface area (Å²) in [6.07, 6.45) is -1.00. The summed E-state index contributed by atoms with van der Waals surface area (Å²) in [6, 6.07) is 20.5. The molecule has 2 saturated heterocycles. The van der Waals surface area contributed by atoms with Crippen molar-refractivity contribution in [1.82, 2.24) is 0 Å². The maximum Gasteiger partial charge on any atom is 0.266 e. The van der Waals surface area contributed by atoms with Crippen LogP contribution in [0.25, 0.3) is 0 Å². The maximum atomic E-state index is 14.0. The molecule has 7 heteroatoms. The first kappa shape index (κ1) is 19.7. The summed E-state index contributed by atoms with van der Waals surface area (Å²) in [5.74, 6) is -2.42. The van der Waals surface area contributed by atoms with Crippen molar-refractivity contribution in [1.29, 1.82) is 0 Å². The average Bonchev–Trinajstić information content (AvgIpc) is 3.28. The number of anilines is 2. The van der Waals surface area contributed by atoms with E-state index in [-0.39, 0.29) is 10.7 Å². The minimum absolute atomic E-state index is 0.0768. The first-order valence-electron chi connectivity index (χ1n) is 9.86. The zero-order valence-electron chi connectivity index (χ0n) is 16.5. The van der Waals surface area contributed by atoms with Gasteiger partial charge in [0, 0.05) is 0 Å². The molecule has 0 spiro atoms. The number of para-hydroxylation sites is 1. The summed E-state index contributed by atoms with van der Waals surface area (Å²) in [5.41, 5.74) is 2.82. The van der Waals surface area contributed by atoms with E-state index >= 15 is 0 Å². The van der Waals surface area contributed by atoms with E-state index < -0.39 is 35.7 Å². The zero-order chi connectivity index (χ0) is 21.7. The molecule has 31 heavy (non-hydrogen) atoms. The standard InChI is InChI=1S/C24H18ClFN2O3/c1-14-7-9-15(10-8-14)21-20-22(31-28(21)16-5-3-2-4-6-16)24(30)27(23(20)29)17-11-12-18(25)19(26)13-17/h2-13,20-22H,1H3/t20-,21+,22-/m1/s1. The van der Waals surface area contributed by atoms with E-state index in [0.29, 0.717) is 0 Å². The van der Waals surface area contributed by atoms with E-state index in [2.05, 4.69) is 0 Å². The fourth-order valence-electron chi connectivity index (χ4n) is 4.19. The summed E-state index contributed by atoms with van der Waals surface area (Å²) in [4.78, 5) is 33.7. The molecule has 0 aliphatic carbocycles. The van der Waals surface area contributed by atoms with Gasteiger partial charge in [-0.1, -0.05) is 59.6 Å². The first-order valence-corrected chi connectivity index (χ1v) is 10.2. The van der Waals surface area contributed by atoms with Crippen LogP contribution in [0.3, 0.4) is 0 Å². The summed E-state index contributed by atoms with van der Waals surface area (Å²) in [7, 11) is 0. The van der Waals surface area contributed by atoms with Crippen LogP contribution in [-0.4, -0.2) is 17.9 Å². The Morgan fingerprint density at radius 2 is 1.61 bits per heavy atom. The van der Waals surface area contributed by atoms with Crippen molar-refractivity contribution in [3.05, 3.63) is 94.8 Å². The monoisotopic (exact) mass is 436 g/mol. The lowest BCUT2D eigenvalue weighted by Crippen LogP contribution is -2.37. The molecular formula is C24H18ClFN2O3. The number of rotatable bonds is 3. The van der Waals surface area contributed by atoms with Crippen molar-refractivity contribution < 1.29 is 18.8 Å². The second-order valence-electron chi connectivity index (χ2n) is 7.68. The predicted octanol–water partition coefficient (Wildman–Crippen LogP) is 4.84. The highest BCUT2D eigenvalue weighted by atomic mass is 35.5. The predicted molar refractivity (Wildman–Crippen MR) is 115 cm³/mol. The van der Waals surface area contributed by atoms with E-state index in [0.717, 1.165) is 27.8 Å². The average molecular weight is 437 g/mol. The van der Waals surface area contributed by atoms with Crippen LogP contribution in [0.1, 0.15) is 17.2 Å². The Morgan fingerprint density at radius 1 is 0.903 bits per heavy atom. The molecule has 2 heterocycles. The molecule has 156 valence electrons. The zero-order valence-corrected chi connectivity index (χ0v) is 17.3. The van der Waals surface area contributed by atoms with Crippen molar-refractivity contribution in [2.45, 2.75) is 19.1 Å². The van der Waals surface area contributed by atoms with Crippen LogP contribution < -0.4 is 9.96 Å². The lowest BCUT2D eigenvalue weighted by molar-refractivity contribution is -0.126. The maximum absolute atomic E-state index is 14.0. The van der Waals surface area contributed by atoms with Gasteiger partial charge in [-0.3, -0.25) is 14.4 Å². The van der Waals surface area contributed by atoms with Crippen LogP contribution in [0.4, 0.5) is 15.8 Å². The van der Waals surface area contributed by atoms with Gasteiger partial charge in [-0.2, -0.15) is 0 Å². The molecular weight excluding hydrogens is 419 g/mol. The van der Waals surface area contributed by atoms with Gasteiger partial charge in [-0.15, -0.1) is 0 Å². The molecule has 5 nitrogen and oxygen atoms in total. The molecule has 3 atom stereocenters.